The first kappa shape index (κ1) is 108. The topological polar surface area (TPSA) is 345 Å². The molecule has 0 saturated carbocycles. The number of hydrogen-bond donors (Lipinski definition) is 5. The van der Waals surface area contributed by atoms with Crippen molar-refractivity contribution in [3.05, 3.63) is 421 Å². The highest BCUT2D eigenvalue weighted by Gasteiger charge is 2.37. The molecule has 3 atom stereocenters. The number of pyridine rings is 4. The molecule has 0 saturated heterocycles. The summed E-state index contributed by atoms with van der Waals surface area (Å²) in [7, 11) is -8.03. The molecule has 0 radical (unpaired) electrons. The molecule has 1 aliphatic heterocycles. The van der Waals surface area contributed by atoms with E-state index in [1.165, 1.54) is 134 Å². The monoisotopic (exact) mass is 2030 g/mol. The Morgan fingerprint density at radius 3 is 1.08 bits per heavy atom. The number of sulfone groups is 2. The molecule has 740 valence electrons. The minimum atomic E-state index is -4.63. The SMILES string of the molecule is CCCS(=O)(=O)c1ccc(CNC(=O)c2ccc(C)n(-c3cccc(C(F)(F)F)c3)c2=O)cc1.CSc1ccc(CNC(=O)c2c(C3N=CC=CC3C(N)=O)cc(C)n(-c3cccc(C(F)(F)F)c3)c2=O)cc1.Cc1ccc(C(=O)NCc2ccc(S(=O)(=O)Cc3ccccc3)cc2)c(=O)n1-c1cccc(C(F)(F)F)c1.Cc1ccc(C(=O)NCc2ccc(S(C)=O)cc2)c(=O)n1-c1cccc(C(F)(F)F)c1. The van der Waals surface area contributed by atoms with E-state index >= 15 is 0 Å². The molecule has 6 N–H and O–H groups in total. The number of carbonyl (C=O) groups excluding carboxylic acids is 5. The summed E-state index contributed by atoms with van der Waals surface area (Å²) >= 11 is 1.57. The highest BCUT2D eigenvalue weighted by Crippen LogP contribution is 2.37. The van der Waals surface area contributed by atoms with Crippen molar-refractivity contribution < 1.29 is 97.7 Å². The lowest BCUT2D eigenvalue weighted by molar-refractivity contribution is -0.138. The number of dihydropyridines is 1. The summed E-state index contributed by atoms with van der Waals surface area (Å²) in [5.41, 5.74) is 2.76. The molecule has 142 heavy (non-hydrogen) atoms. The fraction of sp³-hybridized carbons (Fsp3) is 0.196. The zero-order chi connectivity index (χ0) is 104. The predicted molar refractivity (Wildman–Crippen MR) is 514 cm³/mol. The van der Waals surface area contributed by atoms with Gasteiger partial charge >= 0.3 is 24.7 Å². The summed E-state index contributed by atoms with van der Waals surface area (Å²) in [5, 5.41) is 10.6. The van der Waals surface area contributed by atoms with Crippen molar-refractivity contribution in [2.45, 2.75) is 123 Å². The zero-order valence-corrected chi connectivity index (χ0v) is 79.7. The second kappa shape index (κ2) is 46.0. The summed E-state index contributed by atoms with van der Waals surface area (Å²) < 4.78 is 223. The Balaban J connectivity index is 0.000000181. The Bertz CT molecular complexity index is 7480. The number of alkyl halides is 12. The van der Waals surface area contributed by atoms with Crippen molar-refractivity contribution in [3.63, 3.8) is 0 Å². The molecule has 14 rings (SSSR count). The van der Waals surface area contributed by atoms with Crippen LogP contribution in [0.2, 0.25) is 0 Å². The molecule has 0 spiro atoms. The molecule has 24 nitrogen and oxygen atoms in total. The second-order valence-corrected chi connectivity index (χ2v) is 38.5. The van der Waals surface area contributed by atoms with Crippen LogP contribution in [-0.2, 0) is 91.9 Å². The van der Waals surface area contributed by atoms with Crippen LogP contribution in [0.25, 0.3) is 22.7 Å². The number of nitrogens with one attached hydrogen (secondary N) is 4. The number of carbonyl (C=O) groups is 5. The third kappa shape index (κ3) is 27.2. The van der Waals surface area contributed by atoms with Gasteiger partial charge in [0.1, 0.15) is 22.3 Å². The van der Waals surface area contributed by atoms with Gasteiger partial charge in [-0.2, -0.15) is 52.7 Å². The number of aryl methyl sites for hydroxylation is 4. The first-order valence-corrected chi connectivity index (χ1v) is 49.1. The molecule has 1 aliphatic rings. The van der Waals surface area contributed by atoms with Gasteiger partial charge in [-0.3, -0.25) is 70.6 Å². The Kier molecular flexibility index (Phi) is 34.8. The maximum absolute atomic E-state index is 13.9. The number of hydrogen-bond acceptors (Lipinski definition) is 16. The van der Waals surface area contributed by atoms with E-state index < -0.39 is 141 Å². The lowest BCUT2D eigenvalue weighted by Gasteiger charge is -2.25. The van der Waals surface area contributed by atoms with E-state index in [9.17, 15) is 117 Å². The average Bonchev–Trinajstić information content (AvgIpc) is 0.754. The van der Waals surface area contributed by atoms with Crippen LogP contribution in [0.15, 0.2) is 323 Å². The largest absolute Gasteiger partial charge is 0.416 e. The lowest BCUT2D eigenvalue weighted by Crippen LogP contribution is -2.37. The Labute approximate surface area is 812 Å². The summed E-state index contributed by atoms with van der Waals surface area (Å²) in [6.45, 7) is 8.24. The van der Waals surface area contributed by atoms with Gasteiger partial charge in [0, 0.05) is 105 Å². The Morgan fingerprint density at radius 1 is 0.408 bits per heavy atom. The van der Waals surface area contributed by atoms with E-state index in [1.54, 1.807) is 131 Å². The number of amides is 5. The quantitative estimate of drug-likeness (QED) is 0.0248. The number of aliphatic imine (C=N–C) groups is 1. The third-order valence-corrected chi connectivity index (χ3v) is 27.4. The molecule has 0 aliphatic carbocycles. The van der Waals surface area contributed by atoms with E-state index in [2.05, 4.69) is 26.3 Å². The minimum Gasteiger partial charge on any atom is -0.369 e. The number of allylic oxidation sites excluding steroid dienone is 1. The number of rotatable bonds is 26. The standard InChI is InChI=1S/C28H25F3N4O3S.C28H23F3N2O4S.C24H23F3N2O4S.C22H19F3N2O3S/c1-16-13-22(24-21(25(32)36)7-4-12-33-24)23(26(37)34-15-17-8-10-20(39-2)11-9-17)27(38)35(16)19-6-3-5-18(14-19)28(29,30)31;1-19-10-15-25(27(35)33(19)23-9-5-8-22(16-23)28(29,30)31)26(34)32-17-20-11-13-24(14-12-20)38(36,37)18-21-6-3-2-4-7-21;1-3-13-34(32,33)20-10-8-17(9-11-20)15-28-22(30)21-12-7-16(2)29(23(21)31)19-6-4-5-18(14-19)24(25,26)27;1-14-6-11-19(20(28)26-13-15-7-9-18(10-8-15)31(2)30)21(29)27(14)17-5-3-4-16(12-17)22(23,24)25/h3-14,21,24H,15H2,1-2H3,(H2,32,36)(H,34,37);2-16H,17-18H2,1H3,(H,32,34);4-12,14H,3,13,15H2,1-2H3,(H,28,30);3-12H,13H2,1-2H3,(H,26,28). The number of primary amides is 1. The molecule has 0 fully saturated rings. The number of aromatic nitrogens is 4. The van der Waals surface area contributed by atoms with Gasteiger partial charge in [-0.25, -0.2) is 16.8 Å². The van der Waals surface area contributed by atoms with E-state index in [1.807, 2.05) is 30.5 Å². The van der Waals surface area contributed by atoms with E-state index in [0.717, 1.165) is 82.8 Å². The molecule has 5 heterocycles. The van der Waals surface area contributed by atoms with Gasteiger partial charge in [-0.05, 0) is 244 Å². The van der Waals surface area contributed by atoms with Crippen molar-refractivity contribution in [2.75, 3.05) is 18.3 Å². The lowest BCUT2D eigenvalue weighted by atomic mass is 9.88. The Morgan fingerprint density at radius 2 is 0.746 bits per heavy atom. The number of benzene rings is 9. The van der Waals surface area contributed by atoms with Crippen LogP contribution in [-0.4, -0.2) is 93.3 Å². The molecular weight excluding hydrogens is 1950 g/mol. The van der Waals surface area contributed by atoms with Gasteiger partial charge < -0.3 is 27.0 Å². The maximum atomic E-state index is 13.9. The molecule has 40 heteroatoms. The molecule has 9 aromatic carbocycles. The van der Waals surface area contributed by atoms with Gasteiger partial charge in [0.05, 0.1) is 55.5 Å². The number of halogens is 12. The summed E-state index contributed by atoms with van der Waals surface area (Å²) in [4.78, 5) is 123. The maximum Gasteiger partial charge on any atom is 0.416 e. The zero-order valence-electron chi connectivity index (χ0n) is 76.4. The van der Waals surface area contributed by atoms with Gasteiger partial charge in [-0.1, -0.05) is 116 Å². The minimum absolute atomic E-state index is 0.00384. The number of nitrogens with zero attached hydrogens (tertiary/aromatic N) is 5. The van der Waals surface area contributed by atoms with Crippen LogP contribution in [0.3, 0.4) is 0 Å². The van der Waals surface area contributed by atoms with Crippen molar-refractivity contribution in [2.24, 2.45) is 16.6 Å². The second-order valence-electron chi connectivity index (χ2n) is 32.1. The summed E-state index contributed by atoms with van der Waals surface area (Å²) in [6, 6.07) is 61.4. The molecule has 3 unspecified atom stereocenters. The van der Waals surface area contributed by atoms with Gasteiger partial charge in [0.25, 0.3) is 45.9 Å². The van der Waals surface area contributed by atoms with E-state index in [0.29, 0.717) is 45.1 Å². The molecule has 13 aromatic rings. The van der Waals surface area contributed by atoms with Gasteiger partial charge in [-0.15, -0.1) is 11.8 Å². The van der Waals surface area contributed by atoms with Crippen LogP contribution < -0.4 is 49.2 Å². The predicted octanol–water partition coefficient (Wildman–Crippen LogP) is 17.8. The highest BCUT2D eigenvalue weighted by molar-refractivity contribution is 7.98. The molecule has 0 bridgehead atoms. The van der Waals surface area contributed by atoms with E-state index in [-0.39, 0.29) is 104 Å². The van der Waals surface area contributed by atoms with Crippen molar-refractivity contribution in [1.29, 1.82) is 0 Å². The smallest absolute Gasteiger partial charge is 0.369 e. The highest BCUT2D eigenvalue weighted by atomic mass is 32.2. The van der Waals surface area contributed by atoms with Crippen LogP contribution in [0.1, 0.15) is 139 Å². The molecule has 5 amide bonds. The summed E-state index contributed by atoms with van der Waals surface area (Å²) in [6.07, 6.45) is -9.84. The van der Waals surface area contributed by atoms with Gasteiger partial charge in [0.2, 0.25) is 5.91 Å². The third-order valence-electron chi connectivity index (χ3n) is 22.0. The average molecular weight is 2040 g/mol. The van der Waals surface area contributed by atoms with Crippen LogP contribution in [0.5, 0.6) is 0 Å². The summed E-state index contributed by atoms with van der Waals surface area (Å²) in [5.74, 6) is -4.54. The normalized spacial score (nSPS) is 13.3. The first-order valence-electron chi connectivity index (χ1n) is 43.0. The van der Waals surface area contributed by atoms with Crippen LogP contribution in [0, 0.1) is 33.6 Å². The van der Waals surface area contributed by atoms with Crippen molar-refractivity contribution in [3.8, 4) is 22.7 Å². The van der Waals surface area contributed by atoms with Crippen LogP contribution >= 0.6 is 11.8 Å². The first-order chi connectivity index (χ1) is 67.0. The number of thioether (sulfide) groups is 1. The van der Waals surface area contributed by atoms with Crippen molar-refractivity contribution in [1.82, 2.24) is 39.5 Å². The fourth-order valence-corrected chi connectivity index (χ4v) is 18.4. The van der Waals surface area contributed by atoms with Crippen LogP contribution in [0.4, 0.5) is 52.7 Å². The van der Waals surface area contributed by atoms with E-state index in [4.69, 9.17) is 5.73 Å². The number of nitrogens with two attached hydrogens (primary N) is 1. The molecule has 4 aromatic heterocycles. The Hall–Kier alpha value is -14.9. The van der Waals surface area contributed by atoms with Crippen molar-refractivity contribution >= 4 is 78.0 Å². The molecular formula is C102H90F12N10O14S4. The fourth-order valence-electron chi connectivity index (χ4n) is 14.8. The van der Waals surface area contributed by atoms with Gasteiger partial charge in [0.15, 0.2) is 19.7 Å².